The summed E-state index contributed by atoms with van der Waals surface area (Å²) in [6, 6.07) is 8.72. The molecule has 0 aliphatic carbocycles. The van der Waals surface area contributed by atoms with E-state index in [0.29, 0.717) is 13.0 Å². The van der Waals surface area contributed by atoms with Crippen LogP contribution in [0.4, 0.5) is 26.3 Å². The lowest BCUT2D eigenvalue weighted by Gasteiger charge is -2.31. The minimum absolute atomic E-state index is 0.0246. The van der Waals surface area contributed by atoms with Crippen LogP contribution in [0.1, 0.15) is 51.5 Å². The summed E-state index contributed by atoms with van der Waals surface area (Å²) >= 11 is 0. The number of alkyl halides is 6. The van der Waals surface area contributed by atoms with Gasteiger partial charge in [0.05, 0.1) is 17.9 Å². The molecule has 0 radical (unpaired) electrons. The van der Waals surface area contributed by atoms with Crippen molar-refractivity contribution in [1.29, 1.82) is 0 Å². The molecule has 0 amide bonds. The topological polar surface area (TPSA) is 65.1 Å². The van der Waals surface area contributed by atoms with E-state index in [1.165, 1.54) is 13.8 Å². The molecule has 0 saturated carbocycles. The van der Waals surface area contributed by atoms with E-state index in [-0.39, 0.29) is 31.5 Å². The van der Waals surface area contributed by atoms with Crippen LogP contribution in [0.15, 0.2) is 30.3 Å². The Hall–Kier alpha value is -2.30. The van der Waals surface area contributed by atoms with E-state index in [4.69, 9.17) is 9.47 Å². The van der Waals surface area contributed by atoms with Crippen molar-refractivity contribution in [2.45, 2.75) is 70.5 Å². The number of rotatable bonds is 11. The van der Waals surface area contributed by atoms with Crippen molar-refractivity contribution in [3.63, 3.8) is 0 Å². The van der Waals surface area contributed by atoms with Gasteiger partial charge in [-0.1, -0.05) is 37.3 Å². The first-order chi connectivity index (χ1) is 15.6. The Morgan fingerprint density at radius 3 is 2.09 bits per heavy atom. The van der Waals surface area contributed by atoms with Crippen molar-refractivity contribution in [3.05, 3.63) is 35.9 Å². The highest BCUT2D eigenvalue weighted by Crippen LogP contribution is 2.39. The summed E-state index contributed by atoms with van der Waals surface area (Å²) in [4.78, 5) is 25.2. The molecule has 1 saturated heterocycles. The first-order valence-corrected chi connectivity index (χ1v) is 10.8. The van der Waals surface area contributed by atoms with Crippen molar-refractivity contribution in [1.82, 2.24) is 0 Å². The Morgan fingerprint density at radius 1 is 1.06 bits per heavy atom. The van der Waals surface area contributed by atoms with E-state index in [2.05, 4.69) is 4.74 Å². The zero-order valence-electron chi connectivity index (χ0n) is 19.0. The maximum atomic E-state index is 13.0. The monoisotopic (exact) mass is 498 g/mol. The summed E-state index contributed by atoms with van der Waals surface area (Å²) in [5, 5.41) is 0. The van der Waals surface area contributed by atoms with Crippen LogP contribution >= 0.6 is 0 Å². The number of hydrogen-bond acceptors (Lipinski definition) is 5. The Kier molecular flexibility index (Phi) is 9.01. The molecule has 5 nitrogen and oxygen atoms in total. The molecule has 0 aromatic heterocycles. The van der Waals surface area contributed by atoms with Crippen LogP contribution in [0.25, 0.3) is 0 Å². The molecule has 11 heteroatoms. The molecule has 0 N–H and O–H groups in total. The number of halogens is 6. The standard InChI is InChI=1S/C23H28F6O5/c1-4-14(15-8-6-5-7-9-15)10-16(11-21(2,3)20(31)33-13-17-12-32-17)18(30)34-19(22(24,25)26)23(27,28)29/h5-9,14,16-17,19H,4,10-13H2,1-3H3. The zero-order valence-corrected chi connectivity index (χ0v) is 19.0. The molecule has 192 valence electrons. The number of benzene rings is 1. The van der Waals surface area contributed by atoms with Gasteiger partial charge in [-0.25, -0.2) is 0 Å². The van der Waals surface area contributed by atoms with Gasteiger partial charge in [0, 0.05) is 0 Å². The molecule has 1 aromatic carbocycles. The summed E-state index contributed by atoms with van der Waals surface area (Å²) in [5.74, 6) is -4.19. The van der Waals surface area contributed by atoms with Gasteiger partial charge >= 0.3 is 24.3 Å². The predicted molar refractivity (Wildman–Crippen MR) is 109 cm³/mol. The van der Waals surface area contributed by atoms with Gasteiger partial charge in [-0.15, -0.1) is 0 Å². The summed E-state index contributed by atoms with van der Waals surface area (Å²) < 4.78 is 92.1. The van der Waals surface area contributed by atoms with Crippen LogP contribution in [0, 0.1) is 11.3 Å². The Balaban J connectivity index is 2.27. The van der Waals surface area contributed by atoms with E-state index in [0.717, 1.165) is 5.56 Å². The van der Waals surface area contributed by atoms with E-state index >= 15 is 0 Å². The molecule has 1 aliphatic heterocycles. The van der Waals surface area contributed by atoms with Crippen LogP contribution in [0.5, 0.6) is 0 Å². The smallest absolute Gasteiger partial charge is 0.434 e. The van der Waals surface area contributed by atoms with Crippen LogP contribution in [0.2, 0.25) is 0 Å². The fourth-order valence-electron chi connectivity index (χ4n) is 3.63. The molecule has 3 atom stereocenters. The molecule has 0 spiro atoms. The maximum absolute atomic E-state index is 13.0. The highest BCUT2D eigenvalue weighted by molar-refractivity contribution is 5.78. The van der Waals surface area contributed by atoms with Gasteiger partial charge in [0.2, 0.25) is 0 Å². The summed E-state index contributed by atoms with van der Waals surface area (Å²) in [5.41, 5.74) is -0.614. The number of esters is 2. The first kappa shape index (κ1) is 27.9. The third-order valence-corrected chi connectivity index (χ3v) is 5.61. The van der Waals surface area contributed by atoms with Crippen molar-refractivity contribution in [3.8, 4) is 0 Å². The normalized spacial score (nSPS) is 18.4. The molecule has 1 heterocycles. The lowest BCUT2D eigenvalue weighted by atomic mass is 9.77. The molecule has 1 aromatic rings. The van der Waals surface area contributed by atoms with Gasteiger partial charge in [0.25, 0.3) is 6.10 Å². The minimum Gasteiger partial charge on any atom is -0.462 e. The third kappa shape index (κ3) is 8.18. The van der Waals surface area contributed by atoms with Gasteiger partial charge in [-0.2, -0.15) is 26.3 Å². The third-order valence-electron chi connectivity index (χ3n) is 5.61. The van der Waals surface area contributed by atoms with Crippen LogP contribution < -0.4 is 0 Å². The van der Waals surface area contributed by atoms with Crippen molar-refractivity contribution < 1.29 is 50.1 Å². The molecule has 34 heavy (non-hydrogen) atoms. The fourth-order valence-corrected chi connectivity index (χ4v) is 3.63. The summed E-state index contributed by atoms with van der Waals surface area (Å²) in [7, 11) is 0. The Morgan fingerprint density at radius 2 is 1.62 bits per heavy atom. The molecule has 2 rings (SSSR count). The largest absolute Gasteiger partial charge is 0.462 e. The predicted octanol–water partition coefficient (Wildman–Crippen LogP) is 5.58. The molecule has 1 fully saturated rings. The van der Waals surface area contributed by atoms with E-state index in [1.54, 1.807) is 37.3 Å². The van der Waals surface area contributed by atoms with Crippen molar-refractivity contribution in [2.75, 3.05) is 13.2 Å². The number of ether oxygens (including phenoxy) is 3. The minimum atomic E-state index is -5.83. The number of epoxide rings is 1. The van der Waals surface area contributed by atoms with E-state index in [9.17, 15) is 35.9 Å². The molecule has 1 aliphatic rings. The van der Waals surface area contributed by atoms with E-state index < -0.39 is 41.7 Å². The summed E-state index contributed by atoms with van der Waals surface area (Å²) in [6.07, 6.45) is -16.2. The van der Waals surface area contributed by atoms with Crippen LogP contribution in [0.3, 0.4) is 0 Å². The second kappa shape index (κ2) is 11.0. The first-order valence-electron chi connectivity index (χ1n) is 10.8. The summed E-state index contributed by atoms with van der Waals surface area (Å²) in [6.45, 7) is 5.01. The van der Waals surface area contributed by atoms with Crippen LogP contribution in [-0.4, -0.2) is 49.7 Å². The fraction of sp³-hybridized carbons (Fsp3) is 0.652. The number of carbonyl (C=O) groups is 2. The van der Waals surface area contributed by atoms with Gasteiger partial charge < -0.3 is 14.2 Å². The van der Waals surface area contributed by atoms with Crippen molar-refractivity contribution >= 4 is 11.9 Å². The average molecular weight is 498 g/mol. The van der Waals surface area contributed by atoms with Gasteiger partial charge in [-0.3, -0.25) is 9.59 Å². The SMILES string of the molecule is CCC(CC(CC(C)(C)C(=O)OCC1CO1)C(=O)OC(C(F)(F)F)C(F)(F)F)c1ccccc1. The molecular formula is C23H28F6O5. The van der Waals surface area contributed by atoms with Gasteiger partial charge in [0.15, 0.2) is 0 Å². The second-order valence-corrected chi connectivity index (χ2v) is 8.99. The van der Waals surface area contributed by atoms with Gasteiger partial charge in [-0.05, 0) is 44.6 Å². The molecule has 0 bridgehead atoms. The highest BCUT2D eigenvalue weighted by Gasteiger charge is 2.60. The zero-order chi connectivity index (χ0) is 25.7. The highest BCUT2D eigenvalue weighted by atomic mass is 19.4. The van der Waals surface area contributed by atoms with E-state index in [1.807, 2.05) is 0 Å². The Bertz CT molecular complexity index is 803. The van der Waals surface area contributed by atoms with Crippen LogP contribution in [-0.2, 0) is 23.8 Å². The average Bonchev–Trinajstić information content (AvgIpc) is 3.56. The molecular weight excluding hydrogens is 470 g/mol. The lowest BCUT2D eigenvalue weighted by molar-refractivity contribution is -0.314. The Labute approximate surface area is 193 Å². The van der Waals surface area contributed by atoms with Crippen molar-refractivity contribution in [2.24, 2.45) is 11.3 Å². The maximum Gasteiger partial charge on any atom is 0.434 e. The number of carbonyl (C=O) groups excluding carboxylic acids is 2. The number of hydrogen-bond donors (Lipinski definition) is 0. The second-order valence-electron chi connectivity index (χ2n) is 8.99. The quantitative estimate of drug-likeness (QED) is 0.226. The molecule has 3 unspecified atom stereocenters. The lowest BCUT2D eigenvalue weighted by Crippen LogP contribution is -2.47. The van der Waals surface area contributed by atoms with Gasteiger partial charge in [0.1, 0.15) is 12.7 Å².